The minimum atomic E-state index is 0.151. The first-order chi connectivity index (χ1) is 10.2. The van der Waals surface area contributed by atoms with E-state index in [1.54, 1.807) is 24.1 Å². The number of anilines is 1. The summed E-state index contributed by atoms with van der Waals surface area (Å²) in [4.78, 5) is 21.6. The third kappa shape index (κ3) is 3.01. The fourth-order valence-corrected chi connectivity index (χ4v) is 2.57. The molecule has 2 aromatic rings. The molecule has 0 radical (unpaired) electrons. The van der Waals surface area contributed by atoms with Gasteiger partial charge in [-0.05, 0) is 25.0 Å². The number of hydrogen-bond donors (Lipinski definition) is 1. The molecule has 3 rings (SSSR count). The molecule has 1 aliphatic rings. The summed E-state index contributed by atoms with van der Waals surface area (Å²) in [5.41, 5.74) is 0.935. The lowest BCUT2D eigenvalue weighted by molar-refractivity contribution is -0.129. The molecule has 0 saturated carbocycles. The molecule has 3 heterocycles. The van der Waals surface area contributed by atoms with Crippen LogP contribution in [0.3, 0.4) is 0 Å². The number of hydrogen-bond acceptors (Lipinski definition) is 5. The van der Waals surface area contributed by atoms with Crippen molar-refractivity contribution in [3.63, 3.8) is 0 Å². The van der Waals surface area contributed by atoms with Crippen LogP contribution in [0.4, 0.5) is 5.69 Å². The van der Waals surface area contributed by atoms with E-state index in [9.17, 15) is 4.79 Å². The van der Waals surface area contributed by atoms with Crippen LogP contribution in [0, 0.1) is 0 Å². The van der Waals surface area contributed by atoms with Gasteiger partial charge in [-0.25, -0.2) is 14.6 Å². The fraction of sp³-hybridized carbons (Fsp3) is 0.429. The van der Waals surface area contributed by atoms with Gasteiger partial charge in [0, 0.05) is 32.3 Å². The van der Waals surface area contributed by atoms with Crippen LogP contribution in [-0.2, 0) is 4.79 Å². The summed E-state index contributed by atoms with van der Waals surface area (Å²) >= 11 is 0. The number of aromatic nitrogens is 4. The summed E-state index contributed by atoms with van der Waals surface area (Å²) in [5.74, 6) is 0.891. The van der Waals surface area contributed by atoms with Crippen molar-refractivity contribution >= 4 is 11.6 Å². The van der Waals surface area contributed by atoms with E-state index in [0.717, 1.165) is 37.4 Å². The molecule has 0 unspecified atom stereocenters. The van der Waals surface area contributed by atoms with E-state index in [1.165, 1.54) is 6.33 Å². The van der Waals surface area contributed by atoms with E-state index in [-0.39, 0.29) is 5.91 Å². The van der Waals surface area contributed by atoms with Crippen molar-refractivity contribution in [3.05, 3.63) is 31.0 Å². The Kier molecular flexibility index (Phi) is 3.81. The zero-order chi connectivity index (χ0) is 14.7. The van der Waals surface area contributed by atoms with Crippen LogP contribution < -0.4 is 5.32 Å². The summed E-state index contributed by atoms with van der Waals surface area (Å²) < 4.78 is 1.65. The van der Waals surface area contributed by atoms with Gasteiger partial charge in [-0.2, -0.15) is 5.10 Å². The van der Waals surface area contributed by atoms with Gasteiger partial charge in [0.1, 0.15) is 12.7 Å². The van der Waals surface area contributed by atoms with Crippen LogP contribution >= 0.6 is 0 Å². The first-order valence-corrected chi connectivity index (χ1v) is 7.06. The van der Waals surface area contributed by atoms with Gasteiger partial charge in [-0.15, -0.1) is 0 Å². The zero-order valence-electron chi connectivity index (χ0n) is 11.9. The van der Waals surface area contributed by atoms with Crippen molar-refractivity contribution in [2.24, 2.45) is 0 Å². The maximum Gasteiger partial charge on any atom is 0.219 e. The summed E-state index contributed by atoms with van der Waals surface area (Å²) in [7, 11) is 0. The Balaban J connectivity index is 1.70. The lowest BCUT2D eigenvalue weighted by Gasteiger charge is -2.32. The van der Waals surface area contributed by atoms with Crippen LogP contribution in [0.5, 0.6) is 0 Å². The number of amides is 1. The molecule has 0 aromatic carbocycles. The summed E-state index contributed by atoms with van der Waals surface area (Å²) in [6, 6.07) is 4.22. The molecular formula is C14H18N6O. The lowest BCUT2D eigenvalue weighted by atomic mass is 10.0. The first-order valence-electron chi connectivity index (χ1n) is 7.06. The number of nitrogens with zero attached hydrogens (tertiary/aromatic N) is 5. The average Bonchev–Trinajstić information content (AvgIpc) is 3.02. The second kappa shape index (κ2) is 5.90. The molecule has 1 N–H and O–H groups in total. The Bertz CT molecular complexity index is 604. The van der Waals surface area contributed by atoms with E-state index >= 15 is 0 Å². The molecule has 0 atom stereocenters. The third-order valence-corrected chi connectivity index (χ3v) is 3.72. The molecule has 1 aliphatic heterocycles. The predicted octanol–water partition coefficient (Wildman–Crippen LogP) is 1.09. The number of nitrogens with one attached hydrogen (secondary N) is 1. The second-order valence-corrected chi connectivity index (χ2v) is 5.14. The molecule has 0 bridgehead atoms. The van der Waals surface area contributed by atoms with Gasteiger partial charge in [0.05, 0.1) is 5.69 Å². The Morgan fingerprint density at radius 2 is 2.19 bits per heavy atom. The van der Waals surface area contributed by atoms with Gasteiger partial charge >= 0.3 is 0 Å². The van der Waals surface area contributed by atoms with E-state index in [4.69, 9.17) is 0 Å². The molecule has 7 nitrogen and oxygen atoms in total. The Morgan fingerprint density at radius 3 is 2.86 bits per heavy atom. The van der Waals surface area contributed by atoms with Crippen molar-refractivity contribution < 1.29 is 4.79 Å². The van der Waals surface area contributed by atoms with Crippen molar-refractivity contribution in [1.82, 2.24) is 24.6 Å². The lowest BCUT2D eigenvalue weighted by Crippen LogP contribution is -2.41. The van der Waals surface area contributed by atoms with Gasteiger partial charge in [-0.1, -0.05) is 0 Å². The highest BCUT2D eigenvalue weighted by Gasteiger charge is 2.21. The maximum absolute atomic E-state index is 11.4. The summed E-state index contributed by atoms with van der Waals surface area (Å²) in [6.45, 7) is 3.22. The maximum atomic E-state index is 11.4. The van der Waals surface area contributed by atoms with E-state index in [1.807, 2.05) is 17.0 Å². The molecule has 1 amide bonds. The number of likely N-dealkylation sites (tertiary alicyclic amines) is 1. The quantitative estimate of drug-likeness (QED) is 0.914. The molecule has 110 valence electrons. The molecule has 1 fully saturated rings. The van der Waals surface area contributed by atoms with Crippen molar-refractivity contribution in [3.8, 4) is 5.82 Å². The van der Waals surface area contributed by atoms with Crippen LogP contribution in [0.1, 0.15) is 19.8 Å². The minimum Gasteiger partial charge on any atom is -0.379 e. The van der Waals surface area contributed by atoms with Crippen LogP contribution in [0.2, 0.25) is 0 Å². The van der Waals surface area contributed by atoms with Gasteiger partial charge in [0.25, 0.3) is 0 Å². The Morgan fingerprint density at radius 1 is 1.38 bits per heavy atom. The monoisotopic (exact) mass is 286 g/mol. The molecule has 0 aliphatic carbocycles. The van der Waals surface area contributed by atoms with E-state index in [0.29, 0.717) is 6.04 Å². The zero-order valence-corrected chi connectivity index (χ0v) is 11.9. The standard InChI is InChI=1S/C14H18N6O/c1-11(21)19-7-4-12(5-8-19)18-13-3-2-6-16-14(13)20-10-15-9-17-20/h2-3,6,9-10,12,18H,4-5,7-8H2,1H3. The summed E-state index contributed by atoms with van der Waals surface area (Å²) in [5, 5.41) is 7.63. The molecule has 7 heteroatoms. The number of rotatable bonds is 3. The van der Waals surface area contributed by atoms with Gasteiger partial charge < -0.3 is 10.2 Å². The average molecular weight is 286 g/mol. The van der Waals surface area contributed by atoms with Crippen LogP contribution in [0.25, 0.3) is 5.82 Å². The van der Waals surface area contributed by atoms with Crippen molar-refractivity contribution in [2.45, 2.75) is 25.8 Å². The molecule has 21 heavy (non-hydrogen) atoms. The predicted molar refractivity (Wildman–Crippen MR) is 78.1 cm³/mol. The fourth-order valence-electron chi connectivity index (χ4n) is 2.57. The molecular weight excluding hydrogens is 268 g/mol. The van der Waals surface area contributed by atoms with E-state index < -0.39 is 0 Å². The van der Waals surface area contributed by atoms with Crippen LogP contribution in [0.15, 0.2) is 31.0 Å². The number of carbonyl (C=O) groups excluding carboxylic acids is 1. The van der Waals surface area contributed by atoms with Gasteiger partial charge in [-0.3, -0.25) is 4.79 Å². The number of carbonyl (C=O) groups is 1. The first kappa shape index (κ1) is 13.5. The van der Waals surface area contributed by atoms with Crippen molar-refractivity contribution in [1.29, 1.82) is 0 Å². The third-order valence-electron chi connectivity index (χ3n) is 3.72. The van der Waals surface area contributed by atoms with Gasteiger partial charge in [0.2, 0.25) is 5.91 Å². The Labute approximate surface area is 123 Å². The topological polar surface area (TPSA) is 75.9 Å². The highest BCUT2D eigenvalue weighted by Crippen LogP contribution is 2.21. The highest BCUT2D eigenvalue weighted by atomic mass is 16.2. The van der Waals surface area contributed by atoms with Crippen molar-refractivity contribution in [2.75, 3.05) is 18.4 Å². The number of pyridine rings is 1. The smallest absolute Gasteiger partial charge is 0.219 e. The van der Waals surface area contributed by atoms with E-state index in [2.05, 4.69) is 20.4 Å². The second-order valence-electron chi connectivity index (χ2n) is 5.14. The SMILES string of the molecule is CC(=O)N1CCC(Nc2cccnc2-n2cncn2)CC1. The highest BCUT2D eigenvalue weighted by molar-refractivity contribution is 5.73. The summed E-state index contributed by atoms with van der Waals surface area (Å²) in [6.07, 6.45) is 6.73. The Hall–Kier alpha value is -2.44. The number of piperidine rings is 1. The van der Waals surface area contributed by atoms with Gasteiger partial charge in [0.15, 0.2) is 5.82 Å². The minimum absolute atomic E-state index is 0.151. The van der Waals surface area contributed by atoms with Crippen LogP contribution in [-0.4, -0.2) is 49.7 Å². The molecule has 0 spiro atoms. The largest absolute Gasteiger partial charge is 0.379 e. The normalized spacial score (nSPS) is 16.0. The molecule has 1 saturated heterocycles. The molecule has 2 aromatic heterocycles.